The van der Waals surface area contributed by atoms with Gasteiger partial charge in [0.25, 0.3) is 10.0 Å². The monoisotopic (exact) mass is 485 g/mol. The first-order valence-corrected chi connectivity index (χ1v) is 12.3. The van der Waals surface area contributed by atoms with E-state index in [1.165, 1.54) is 68.4 Å². The number of halogens is 2. The number of benzene rings is 3. The average Bonchev–Trinajstić information content (AvgIpc) is 2.66. The van der Waals surface area contributed by atoms with E-state index in [1.807, 2.05) is 0 Å². The number of sulfonamides is 1. The van der Waals surface area contributed by atoms with E-state index in [0.717, 1.165) is 0 Å². The first kappa shape index (κ1) is 22.4. The highest BCUT2D eigenvalue weighted by atomic mass is 35.5. The van der Waals surface area contributed by atoms with Crippen LogP contribution in [0.5, 0.6) is 5.75 Å². The predicted molar refractivity (Wildman–Crippen MR) is 117 cm³/mol. The van der Waals surface area contributed by atoms with Crippen LogP contribution in [0.3, 0.4) is 0 Å². The van der Waals surface area contributed by atoms with Crippen molar-refractivity contribution >= 4 is 48.7 Å². The van der Waals surface area contributed by atoms with Crippen molar-refractivity contribution in [3.63, 3.8) is 0 Å². The third-order valence-corrected chi connectivity index (χ3v) is 8.27. The van der Waals surface area contributed by atoms with E-state index in [0.29, 0.717) is 10.0 Å². The van der Waals surface area contributed by atoms with Crippen LogP contribution in [0.1, 0.15) is 11.1 Å². The van der Waals surface area contributed by atoms with Gasteiger partial charge in [-0.2, -0.15) is 0 Å². The number of anilines is 1. The maximum Gasteiger partial charge on any atom is 0.261 e. The Morgan fingerprint density at radius 3 is 1.77 bits per heavy atom. The number of hydrogen-bond acceptors (Lipinski definition) is 5. The number of hydrogen-bond donors (Lipinski definition) is 2. The van der Waals surface area contributed by atoms with Gasteiger partial charge in [0.2, 0.25) is 9.84 Å². The van der Waals surface area contributed by atoms with Crippen LogP contribution in [0.15, 0.2) is 69.3 Å². The second-order valence-electron chi connectivity index (χ2n) is 6.56. The van der Waals surface area contributed by atoms with Gasteiger partial charge in [0.05, 0.1) is 15.5 Å². The number of nitrogens with one attached hydrogen (secondary N) is 1. The molecule has 0 unspecified atom stereocenters. The lowest BCUT2D eigenvalue weighted by Gasteiger charge is -2.17. The number of aromatic hydroxyl groups is 1. The average molecular weight is 486 g/mol. The van der Waals surface area contributed by atoms with Crippen LogP contribution < -0.4 is 4.72 Å². The van der Waals surface area contributed by atoms with Crippen molar-refractivity contribution < 1.29 is 21.9 Å². The highest BCUT2D eigenvalue weighted by Gasteiger charge is 2.28. The summed E-state index contributed by atoms with van der Waals surface area (Å²) in [5, 5.41) is 11.2. The molecule has 10 heteroatoms. The Kier molecular flexibility index (Phi) is 6.06. The van der Waals surface area contributed by atoms with Gasteiger partial charge in [-0.3, -0.25) is 4.72 Å². The van der Waals surface area contributed by atoms with E-state index >= 15 is 0 Å². The van der Waals surface area contributed by atoms with E-state index in [2.05, 4.69) is 4.72 Å². The Morgan fingerprint density at radius 2 is 1.27 bits per heavy atom. The summed E-state index contributed by atoms with van der Waals surface area (Å²) in [6.45, 7) is 2.90. The van der Waals surface area contributed by atoms with Crippen LogP contribution in [0.4, 0.5) is 5.69 Å². The molecule has 2 N–H and O–H groups in total. The zero-order chi connectivity index (χ0) is 22.3. The largest absolute Gasteiger partial charge is 0.506 e. The van der Waals surface area contributed by atoms with Gasteiger partial charge in [-0.05, 0) is 79.6 Å². The second-order valence-corrected chi connectivity index (χ2v) is 11.0. The molecule has 0 aliphatic rings. The van der Waals surface area contributed by atoms with Crippen molar-refractivity contribution in [1.82, 2.24) is 0 Å². The fraction of sp³-hybridized carbons (Fsp3) is 0.100. The molecule has 0 aromatic heterocycles. The molecular formula is C20H17Cl2NO5S2. The first-order valence-electron chi connectivity index (χ1n) is 8.55. The highest BCUT2D eigenvalue weighted by molar-refractivity contribution is 7.93. The molecule has 0 bridgehead atoms. The van der Waals surface area contributed by atoms with Gasteiger partial charge in [0.1, 0.15) is 10.6 Å². The fourth-order valence-electron chi connectivity index (χ4n) is 2.86. The van der Waals surface area contributed by atoms with Gasteiger partial charge in [0, 0.05) is 10.0 Å². The molecule has 0 atom stereocenters. The third-order valence-electron chi connectivity index (χ3n) is 4.45. The Morgan fingerprint density at radius 1 is 0.800 bits per heavy atom. The van der Waals surface area contributed by atoms with E-state index in [4.69, 9.17) is 23.2 Å². The number of sulfone groups is 1. The molecule has 0 saturated heterocycles. The van der Waals surface area contributed by atoms with Crippen LogP contribution in [0, 0.1) is 13.8 Å². The van der Waals surface area contributed by atoms with Crippen molar-refractivity contribution in [2.45, 2.75) is 28.5 Å². The Balaban J connectivity index is 2.14. The maximum atomic E-state index is 13.2. The van der Waals surface area contributed by atoms with Crippen LogP contribution in [0.2, 0.25) is 10.0 Å². The molecule has 3 rings (SSSR count). The molecule has 0 fully saturated rings. The molecule has 30 heavy (non-hydrogen) atoms. The van der Waals surface area contributed by atoms with Gasteiger partial charge in [-0.15, -0.1) is 0 Å². The minimum absolute atomic E-state index is 0.0350. The Bertz CT molecular complexity index is 1320. The molecule has 6 nitrogen and oxygen atoms in total. The van der Waals surface area contributed by atoms with E-state index in [1.54, 1.807) is 0 Å². The summed E-state index contributed by atoms with van der Waals surface area (Å²) >= 11 is 11.6. The van der Waals surface area contributed by atoms with Crippen molar-refractivity contribution in [3.05, 3.63) is 75.8 Å². The number of phenols is 1. The van der Waals surface area contributed by atoms with Crippen LogP contribution in [-0.2, 0) is 19.9 Å². The summed E-state index contributed by atoms with van der Waals surface area (Å²) < 4.78 is 54.2. The molecule has 0 amide bonds. The van der Waals surface area contributed by atoms with Gasteiger partial charge in [-0.1, -0.05) is 23.2 Å². The van der Waals surface area contributed by atoms with Gasteiger partial charge in [0.15, 0.2) is 0 Å². The quantitative estimate of drug-likeness (QED) is 0.497. The summed E-state index contributed by atoms with van der Waals surface area (Å²) in [5.74, 6) is -0.447. The fourth-order valence-corrected chi connectivity index (χ4v) is 5.88. The molecule has 0 radical (unpaired) electrons. The van der Waals surface area contributed by atoms with Crippen molar-refractivity contribution in [3.8, 4) is 5.75 Å². The number of phenolic OH excluding ortho intramolecular Hbond substituents is 1. The SMILES string of the molecule is Cc1cc(NS(=O)(=O)c2ccc(Cl)cc2)c(C)c(S(=O)(=O)c2ccc(Cl)cc2)c1O. The summed E-state index contributed by atoms with van der Waals surface area (Å²) in [5.41, 5.74) is 0.292. The summed E-state index contributed by atoms with van der Waals surface area (Å²) in [4.78, 5) is -0.500. The Hall–Kier alpha value is -2.26. The molecule has 3 aromatic carbocycles. The first-order chi connectivity index (χ1) is 13.9. The van der Waals surface area contributed by atoms with Gasteiger partial charge < -0.3 is 5.11 Å². The summed E-state index contributed by atoms with van der Waals surface area (Å²) in [7, 11) is -8.17. The van der Waals surface area contributed by atoms with E-state index in [-0.39, 0.29) is 31.5 Å². The zero-order valence-corrected chi connectivity index (χ0v) is 19.0. The van der Waals surface area contributed by atoms with E-state index < -0.39 is 25.6 Å². The molecule has 0 aliphatic carbocycles. The molecule has 0 aliphatic heterocycles. The molecule has 0 heterocycles. The summed E-state index contributed by atoms with van der Waals surface area (Å²) in [6, 6.07) is 12.4. The van der Waals surface area contributed by atoms with Crippen LogP contribution >= 0.6 is 23.2 Å². The zero-order valence-electron chi connectivity index (χ0n) is 15.8. The minimum Gasteiger partial charge on any atom is -0.506 e. The minimum atomic E-state index is -4.15. The van der Waals surface area contributed by atoms with Gasteiger partial charge in [-0.25, -0.2) is 16.8 Å². The lowest BCUT2D eigenvalue weighted by molar-refractivity contribution is 0.453. The lowest BCUT2D eigenvalue weighted by Crippen LogP contribution is -2.15. The molecule has 0 saturated carbocycles. The predicted octanol–water partition coefficient (Wildman–Crippen LogP) is 4.95. The number of aryl methyl sites for hydroxylation is 1. The second kappa shape index (κ2) is 8.11. The lowest BCUT2D eigenvalue weighted by atomic mass is 10.1. The van der Waals surface area contributed by atoms with Crippen LogP contribution in [-0.4, -0.2) is 21.9 Å². The van der Waals surface area contributed by atoms with Crippen molar-refractivity contribution in [1.29, 1.82) is 0 Å². The van der Waals surface area contributed by atoms with Crippen LogP contribution in [0.25, 0.3) is 0 Å². The topological polar surface area (TPSA) is 101 Å². The standard InChI is InChI=1S/C20H17Cl2NO5S2/c1-12-11-18(23-30(27,28)17-9-5-15(22)6-10-17)13(2)20(19(12)24)29(25,26)16-7-3-14(21)4-8-16/h3-11,23-24H,1-2H3. The highest BCUT2D eigenvalue weighted by Crippen LogP contribution is 2.39. The number of rotatable bonds is 5. The van der Waals surface area contributed by atoms with Gasteiger partial charge >= 0.3 is 0 Å². The van der Waals surface area contributed by atoms with Crippen molar-refractivity contribution in [2.24, 2.45) is 0 Å². The van der Waals surface area contributed by atoms with Crippen molar-refractivity contribution in [2.75, 3.05) is 4.72 Å². The Labute approximate surface area is 185 Å². The molecule has 158 valence electrons. The molecule has 3 aromatic rings. The third kappa shape index (κ3) is 4.27. The molecule has 0 spiro atoms. The normalized spacial score (nSPS) is 12.0. The summed E-state index contributed by atoms with van der Waals surface area (Å²) in [6.07, 6.45) is 0. The van der Waals surface area contributed by atoms with E-state index in [9.17, 15) is 21.9 Å². The maximum absolute atomic E-state index is 13.2. The molecular weight excluding hydrogens is 469 g/mol. The smallest absolute Gasteiger partial charge is 0.261 e.